The van der Waals surface area contributed by atoms with Crippen LogP contribution in [0, 0.1) is 5.82 Å². The molecule has 2 aromatic heterocycles. The minimum absolute atomic E-state index is 0.00557. The first-order chi connectivity index (χ1) is 46.6. The second-order valence-corrected chi connectivity index (χ2v) is 25.8. The lowest BCUT2D eigenvalue weighted by Crippen LogP contribution is -2.36. The molecule has 15 nitrogen and oxygen atoms in total. The molecule has 0 radical (unpaired) electrons. The molecule has 6 unspecified atom stereocenters. The average Bonchev–Trinajstić information content (AvgIpc) is 0.754. The first kappa shape index (κ1) is 61.0. The monoisotopic (exact) mass is 1260 g/mol. The minimum Gasteiger partial charge on any atom is -0.379 e. The van der Waals surface area contributed by atoms with Gasteiger partial charge in [-0.15, -0.1) is 0 Å². The Morgan fingerprint density at radius 3 is 1.55 bits per heavy atom. The van der Waals surface area contributed by atoms with E-state index in [0.717, 1.165) is 113 Å². The predicted octanol–water partition coefficient (Wildman–Crippen LogP) is 13.3. The first-order valence-corrected chi connectivity index (χ1v) is 32.9. The van der Waals surface area contributed by atoms with E-state index in [0.29, 0.717) is 10.8 Å². The van der Waals surface area contributed by atoms with Crippen LogP contribution in [0.4, 0.5) is 21.5 Å². The third kappa shape index (κ3) is 12.4. The molecule has 0 spiro atoms. The summed E-state index contributed by atoms with van der Waals surface area (Å²) in [6.07, 6.45) is 1.29. The lowest BCUT2D eigenvalue weighted by atomic mass is 9.75. The summed E-state index contributed by atoms with van der Waals surface area (Å²) in [7, 11) is 4.16. The topological polar surface area (TPSA) is 176 Å². The van der Waals surface area contributed by atoms with Crippen LogP contribution in [0.3, 0.4) is 0 Å². The second kappa shape index (κ2) is 26.6. The van der Waals surface area contributed by atoms with E-state index in [1.807, 2.05) is 78.9 Å². The van der Waals surface area contributed by atoms with Crippen LogP contribution in [0.2, 0.25) is 0 Å². The zero-order valence-corrected chi connectivity index (χ0v) is 53.1. The summed E-state index contributed by atoms with van der Waals surface area (Å²) < 4.78 is 19.2. The van der Waals surface area contributed by atoms with Crippen molar-refractivity contribution in [3.8, 4) is 0 Å². The van der Waals surface area contributed by atoms with Gasteiger partial charge in [-0.3, -0.25) is 29.2 Å². The molecule has 17 rings (SSSR count). The Balaban J connectivity index is 0.000000117. The van der Waals surface area contributed by atoms with Gasteiger partial charge in [0.1, 0.15) is 12.4 Å². The lowest BCUT2D eigenvalue weighted by Gasteiger charge is -2.38. The number of anilines is 3. The number of likely N-dealkylation sites (tertiary alicyclic amines) is 1. The average molecular weight is 1260 g/mol. The molecule has 8 heterocycles. The van der Waals surface area contributed by atoms with Crippen molar-refractivity contribution in [2.45, 2.75) is 61.9 Å². The standard InChI is InChI=1S/C27H24FN3O.C27H26N4O2.C25H24N4O/c28-20-11-9-18(10-12-20)24-26(19-7-5-17(6-8-19)16-31-13-2-14-31)30-22-4-1-3-21-23(32)15-29-27(24)25(21)22;32-27-21-10-5-11-22-24(21)26(29-30-27)23(19-7-2-1-3-8-19)25(28-22)20-9-4-6-18(16-20)17-31-12-14-33-15-13-31;1-29(2)15-16-8-6-11-18(14-16)23-21(17-9-4-3-5-10-17)24-22-19(25(30)28-27-24)12-7-13-20(22)26-23/h1,3-12,24,26,30H,2,13-16H2;1-11,16,23,25,28H,12-15,17H2,(H,30,32);3-14,21,23,26H,15H2,1-2H3,(H,28,30). The molecule has 476 valence electrons. The van der Waals surface area contributed by atoms with E-state index in [1.165, 1.54) is 70.6 Å². The Bertz CT molecular complexity index is 4780. The van der Waals surface area contributed by atoms with Gasteiger partial charge in [-0.25, -0.2) is 14.6 Å². The van der Waals surface area contributed by atoms with Crippen molar-refractivity contribution in [2.24, 2.45) is 4.99 Å². The smallest absolute Gasteiger partial charge is 0.272 e. The van der Waals surface area contributed by atoms with Crippen LogP contribution in [0.15, 0.2) is 227 Å². The van der Waals surface area contributed by atoms with Crippen LogP contribution in [-0.2, 0) is 24.4 Å². The minimum atomic E-state index is -0.258. The second-order valence-electron chi connectivity index (χ2n) is 25.8. The molecule has 2 fully saturated rings. The van der Waals surface area contributed by atoms with Crippen LogP contribution in [-0.4, -0.2) is 107 Å². The highest BCUT2D eigenvalue weighted by Crippen LogP contribution is 2.49. The maximum absolute atomic E-state index is 13.7. The Morgan fingerprint density at radius 1 is 0.484 bits per heavy atom. The van der Waals surface area contributed by atoms with Gasteiger partial charge in [0.15, 0.2) is 5.78 Å². The number of ketones is 1. The van der Waals surface area contributed by atoms with Gasteiger partial charge in [0.25, 0.3) is 11.1 Å². The summed E-state index contributed by atoms with van der Waals surface area (Å²) >= 11 is 0. The molecule has 0 saturated carbocycles. The lowest BCUT2D eigenvalue weighted by molar-refractivity contribution is 0.0342. The molecule has 6 aliphatic rings. The molecule has 0 aliphatic carbocycles. The highest BCUT2D eigenvalue weighted by molar-refractivity contribution is 6.21. The van der Waals surface area contributed by atoms with E-state index < -0.39 is 0 Å². The van der Waals surface area contributed by atoms with Gasteiger partial charge in [0.05, 0.1) is 77.0 Å². The van der Waals surface area contributed by atoms with E-state index >= 15 is 0 Å². The third-order valence-corrected chi connectivity index (χ3v) is 19.4. The molecular weight excluding hydrogens is 1190 g/mol. The number of nitrogens with zero attached hydrogens (tertiary/aromatic N) is 6. The fourth-order valence-corrected chi connectivity index (χ4v) is 14.8. The summed E-state index contributed by atoms with van der Waals surface area (Å²) in [4.78, 5) is 49.2. The number of hydrogen-bond acceptors (Lipinski definition) is 13. The largest absolute Gasteiger partial charge is 0.379 e. The normalized spacial score (nSPS) is 20.1. The summed E-state index contributed by atoms with van der Waals surface area (Å²) in [6.45, 7) is 8.82. The number of carbonyl (C=O) groups excluding carboxylic acids is 1. The quantitative estimate of drug-likeness (QED) is 0.0784. The number of morpholine rings is 1. The number of hydrogen-bond donors (Lipinski definition) is 5. The van der Waals surface area contributed by atoms with Crippen LogP contribution in [0.5, 0.6) is 0 Å². The number of H-pyrrole nitrogens is 2. The highest BCUT2D eigenvalue weighted by atomic mass is 19.1. The number of aliphatic imine (C=N–C) groups is 1. The molecular formula is C79H74FN11O4. The van der Waals surface area contributed by atoms with Gasteiger partial charge < -0.3 is 25.6 Å². The van der Waals surface area contributed by atoms with E-state index in [1.54, 1.807) is 0 Å². The number of aromatic nitrogens is 4. The maximum Gasteiger partial charge on any atom is 0.272 e. The summed E-state index contributed by atoms with van der Waals surface area (Å²) in [5, 5.41) is 28.9. The Morgan fingerprint density at radius 2 is 0.968 bits per heavy atom. The fourth-order valence-electron chi connectivity index (χ4n) is 14.8. The van der Waals surface area contributed by atoms with Gasteiger partial charge in [0.2, 0.25) is 0 Å². The zero-order chi connectivity index (χ0) is 64.5. The number of nitrogens with one attached hydrogen (secondary N) is 5. The van der Waals surface area contributed by atoms with Crippen LogP contribution < -0.4 is 27.1 Å². The number of halogens is 1. The first-order valence-electron chi connectivity index (χ1n) is 32.9. The van der Waals surface area contributed by atoms with Crippen molar-refractivity contribution >= 4 is 50.1 Å². The fraction of sp³-hybridized carbons (Fsp3) is 0.241. The molecule has 9 aromatic carbocycles. The van der Waals surface area contributed by atoms with Crippen molar-refractivity contribution in [1.29, 1.82) is 0 Å². The Hall–Kier alpha value is -10.2. The Kier molecular flexibility index (Phi) is 17.1. The molecule has 16 heteroatoms. The zero-order valence-electron chi connectivity index (χ0n) is 53.1. The summed E-state index contributed by atoms with van der Waals surface area (Å²) in [5.41, 5.74) is 17.6. The van der Waals surface area contributed by atoms with Crippen molar-refractivity contribution in [2.75, 3.05) is 76.0 Å². The number of Topliss-reactive ketones (excluding diaryl/α,β-unsaturated/α-hetero) is 1. The maximum atomic E-state index is 13.7. The van der Waals surface area contributed by atoms with Gasteiger partial charge in [-0.2, -0.15) is 10.2 Å². The van der Waals surface area contributed by atoms with E-state index in [9.17, 15) is 18.8 Å². The van der Waals surface area contributed by atoms with Crippen LogP contribution in [0.1, 0.15) is 120 Å². The molecule has 95 heavy (non-hydrogen) atoms. The van der Waals surface area contributed by atoms with Crippen LogP contribution >= 0.6 is 0 Å². The van der Waals surface area contributed by atoms with Crippen molar-refractivity contribution < 1.29 is 13.9 Å². The number of aromatic amines is 2. The Labute approximate surface area is 550 Å². The SMILES string of the molecule is CN(C)Cc1cccc(C2Nc3cccc4c(=O)[nH]nc(c34)C2c2ccccc2)c1.O=C1CN=C2c3c(cccc31)NC(c1ccc(CN3CCC3)cc1)C2c1ccc(F)cc1.O=c1[nH]nc2c3c(cccc13)NC(c1cccc(CN3CCOCC3)c1)C2c1ccccc1. The third-order valence-electron chi connectivity index (χ3n) is 19.4. The van der Waals surface area contributed by atoms with Gasteiger partial charge >= 0.3 is 0 Å². The van der Waals surface area contributed by atoms with Crippen molar-refractivity contribution in [3.63, 3.8) is 0 Å². The summed E-state index contributed by atoms with van der Waals surface area (Å²) in [5.74, 6) is -0.377. The van der Waals surface area contributed by atoms with Crippen molar-refractivity contribution in [3.05, 3.63) is 311 Å². The summed E-state index contributed by atoms with van der Waals surface area (Å²) in [6, 6.07) is 71.2. The van der Waals surface area contributed by atoms with Gasteiger partial charge in [0, 0.05) is 71.7 Å². The number of ether oxygens (including phenoxy) is 1. The van der Waals surface area contributed by atoms with E-state index in [2.05, 4.69) is 186 Å². The predicted molar refractivity (Wildman–Crippen MR) is 374 cm³/mol. The van der Waals surface area contributed by atoms with Crippen molar-refractivity contribution in [1.82, 2.24) is 35.1 Å². The molecule has 5 N–H and O–H groups in total. The number of rotatable bonds is 12. The number of benzene rings is 9. The number of carbonyl (C=O) groups is 1. The van der Waals surface area contributed by atoms with E-state index in [4.69, 9.17) is 9.73 Å². The molecule has 6 aliphatic heterocycles. The highest BCUT2D eigenvalue weighted by Gasteiger charge is 2.41. The molecule has 2 saturated heterocycles. The molecule has 11 aromatic rings. The van der Waals surface area contributed by atoms with Gasteiger partial charge in [-0.05, 0) is 126 Å². The molecule has 6 atom stereocenters. The van der Waals surface area contributed by atoms with Gasteiger partial charge in [-0.1, -0.05) is 170 Å². The molecule has 0 bridgehead atoms. The van der Waals surface area contributed by atoms with Crippen LogP contribution in [0.25, 0.3) is 21.5 Å². The molecule has 0 amide bonds. The van der Waals surface area contributed by atoms with E-state index in [-0.39, 0.29) is 65.1 Å².